The lowest BCUT2D eigenvalue weighted by molar-refractivity contribution is 0.102. The van der Waals surface area contributed by atoms with Gasteiger partial charge in [-0.2, -0.15) is 5.10 Å². The fourth-order valence-electron chi connectivity index (χ4n) is 2.00. The number of nitrogens with zero attached hydrogens (tertiary/aromatic N) is 2. The molecular formula is C14H14BrN3O. The van der Waals surface area contributed by atoms with Crippen LogP contribution in [0.1, 0.15) is 34.8 Å². The van der Waals surface area contributed by atoms with E-state index in [2.05, 4.69) is 26.3 Å². The Labute approximate surface area is 119 Å². The maximum atomic E-state index is 12.1. The molecule has 1 aliphatic carbocycles. The van der Waals surface area contributed by atoms with Crippen LogP contribution in [0.15, 0.2) is 34.8 Å². The van der Waals surface area contributed by atoms with Crippen LogP contribution in [0.3, 0.4) is 0 Å². The monoisotopic (exact) mass is 319 g/mol. The third-order valence-electron chi connectivity index (χ3n) is 3.22. The number of carbonyl (C=O) groups is 1. The third kappa shape index (κ3) is 2.71. The molecule has 0 spiro atoms. The Bertz CT molecular complexity index is 631. The predicted octanol–water partition coefficient (Wildman–Crippen LogP) is 3.31. The van der Waals surface area contributed by atoms with Gasteiger partial charge in [-0.3, -0.25) is 9.48 Å². The second-order valence-electron chi connectivity index (χ2n) is 4.82. The summed E-state index contributed by atoms with van der Waals surface area (Å²) in [5.41, 5.74) is 1.70. The molecule has 0 atom stereocenters. The minimum Gasteiger partial charge on any atom is -0.307 e. The van der Waals surface area contributed by atoms with Crippen LogP contribution in [0.25, 0.3) is 0 Å². The summed E-state index contributed by atoms with van der Waals surface area (Å²) in [5, 5.41) is 7.33. The molecule has 1 N–H and O–H groups in total. The quantitative estimate of drug-likeness (QED) is 0.943. The zero-order chi connectivity index (χ0) is 13.4. The molecule has 4 nitrogen and oxygen atoms in total. The number of hydrogen-bond acceptors (Lipinski definition) is 2. The van der Waals surface area contributed by atoms with E-state index >= 15 is 0 Å². The Kier molecular flexibility index (Phi) is 3.14. The van der Waals surface area contributed by atoms with E-state index in [4.69, 9.17) is 0 Å². The van der Waals surface area contributed by atoms with Crippen molar-refractivity contribution in [3.05, 3.63) is 46.1 Å². The van der Waals surface area contributed by atoms with Gasteiger partial charge in [-0.1, -0.05) is 22.0 Å². The molecule has 1 aliphatic rings. The summed E-state index contributed by atoms with van der Waals surface area (Å²) in [6.45, 7) is 0. The van der Waals surface area contributed by atoms with Gasteiger partial charge < -0.3 is 5.32 Å². The van der Waals surface area contributed by atoms with Gasteiger partial charge in [0, 0.05) is 29.1 Å². The number of amides is 1. The highest BCUT2D eigenvalue weighted by Crippen LogP contribution is 2.39. The average molecular weight is 320 g/mol. The van der Waals surface area contributed by atoms with E-state index in [1.807, 2.05) is 25.2 Å². The van der Waals surface area contributed by atoms with Gasteiger partial charge in [0.15, 0.2) is 0 Å². The molecule has 0 bridgehead atoms. The lowest BCUT2D eigenvalue weighted by Crippen LogP contribution is -2.14. The van der Waals surface area contributed by atoms with Crippen molar-refractivity contribution in [2.24, 2.45) is 7.05 Å². The highest BCUT2D eigenvalue weighted by atomic mass is 79.9. The van der Waals surface area contributed by atoms with Gasteiger partial charge in [0.25, 0.3) is 5.91 Å². The fraction of sp³-hybridized carbons (Fsp3) is 0.286. The molecule has 1 saturated carbocycles. The number of hydrogen-bond donors (Lipinski definition) is 1. The molecule has 0 aliphatic heterocycles. The Morgan fingerprint density at radius 1 is 1.42 bits per heavy atom. The molecule has 5 heteroatoms. The number of aromatic nitrogens is 2. The van der Waals surface area contributed by atoms with Gasteiger partial charge >= 0.3 is 0 Å². The largest absolute Gasteiger partial charge is 0.307 e. The molecule has 0 saturated heterocycles. The first-order chi connectivity index (χ1) is 9.13. The first-order valence-corrected chi connectivity index (χ1v) is 7.03. The van der Waals surface area contributed by atoms with Gasteiger partial charge in [0.05, 0.1) is 5.69 Å². The molecule has 2 aromatic rings. The third-order valence-corrected chi connectivity index (χ3v) is 3.72. The standard InChI is InChI=1S/C14H14BrN3O/c1-18-13(8-12(17-18)9-5-6-9)16-14(19)10-3-2-4-11(15)7-10/h2-4,7-9H,5-6H2,1H3,(H,16,19). The van der Waals surface area contributed by atoms with Crippen LogP contribution in [-0.4, -0.2) is 15.7 Å². The number of benzene rings is 1. The molecule has 3 rings (SSSR count). The summed E-state index contributed by atoms with van der Waals surface area (Å²) in [7, 11) is 1.85. The van der Waals surface area contributed by atoms with E-state index in [0.717, 1.165) is 16.0 Å². The normalized spacial score (nSPS) is 14.4. The van der Waals surface area contributed by atoms with Gasteiger partial charge in [-0.05, 0) is 31.0 Å². The molecule has 98 valence electrons. The fourth-order valence-corrected chi connectivity index (χ4v) is 2.40. The van der Waals surface area contributed by atoms with E-state index in [1.54, 1.807) is 16.8 Å². The maximum absolute atomic E-state index is 12.1. The molecule has 1 fully saturated rings. The van der Waals surface area contributed by atoms with Crippen LogP contribution in [0.4, 0.5) is 5.82 Å². The smallest absolute Gasteiger partial charge is 0.256 e. The number of halogens is 1. The summed E-state index contributed by atoms with van der Waals surface area (Å²) in [4.78, 5) is 12.1. The summed E-state index contributed by atoms with van der Waals surface area (Å²) < 4.78 is 2.62. The second-order valence-corrected chi connectivity index (χ2v) is 5.73. The highest BCUT2D eigenvalue weighted by molar-refractivity contribution is 9.10. The van der Waals surface area contributed by atoms with Gasteiger partial charge in [0.2, 0.25) is 0 Å². The van der Waals surface area contributed by atoms with Crippen LogP contribution >= 0.6 is 15.9 Å². The van der Waals surface area contributed by atoms with Crippen LogP contribution < -0.4 is 5.32 Å². The first-order valence-electron chi connectivity index (χ1n) is 6.24. The van der Waals surface area contributed by atoms with Crippen LogP contribution in [0.2, 0.25) is 0 Å². The number of rotatable bonds is 3. The Hall–Kier alpha value is -1.62. The van der Waals surface area contributed by atoms with Crippen LogP contribution in [0.5, 0.6) is 0 Å². The number of carbonyl (C=O) groups excluding carboxylic acids is 1. The van der Waals surface area contributed by atoms with Crippen LogP contribution in [-0.2, 0) is 7.05 Å². The second kappa shape index (κ2) is 4.81. The van der Waals surface area contributed by atoms with Crippen molar-refractivity contribution >= 4 is 27.7 Å². The van der Waals surface area contributed by atoms with Crippen molar-refractivity contribution in [2.45, 2.75) is 18.8 Å². The van der Waals surface area contributed by atoms with Crippen molar-refractivity contribution in [3.8, 4) is 0 Å². The van der Waals surface area contributed by atoms with Crippen molar-refractivity contribution in [1.29, 1.82) is 0 Å². The minimum absolute atomic E-state index is 0.119. The van der Waals surface area contributed by atoms with Gasteiger partial charge in [-0.25, -0.2) is 0 Å². The molecule has 1 heterocycles. The Balaban J connectivity index is 1.79. The topological polar surface area (TPSA) is 46.9 Å². The van der Waals surface area contributed by atoms with Crippen molar-refractivity contribution in [2.75, 3.05) is 5.32 Å². The predicted molar refractivity (Wildman–Crippen MR) is 77.3 cm³/mol. The zero-order valence-electron chi connectivity index (χ0n) is 10.6. The van der Waals surface area contributed by atoms with Crippen LogP contribution in [0, 0.1) is 0 Å². The molecular weight excluding hydrogens is 306 g/mol. The van der Waals surface area contributed by atoms with E-state index in [-0.39, 0.29) is 5.91 Å². The molecule has 1 aromatic heterocycles. The average Bonchev–Trinajstić information content (AvgIpc) is 3.16. The molecule has 0 unspecified atom stereocenters. The van der Waals surface area contributed by atoms with E-state index in [9.17, 15) is 4.79 Å². The summed E-state index contributed by atoms with van der Waals surface area (Å²) >= 11 is 3.36. The summed E-state index contributed by atoms with van der Waals surface area (Å²) in [6.07, 6.45) is 2.41. The lowest BCUT2D eigenvalue weighted by atomic mass is 10.2. The van der Waals surface area contributed by atoms with E-state index < -0.39 is 0 Å². The maximum Gasteiger partial charge on any atom is 0.256 e. The molecule has 1 aromatic carbocycles. The number of aryl methyl sites for hydroxylation is 1. The molecule has 1 amide bonds. The summed E-state index contributed by atoms with van der Waals surface area (Å²) in [5.74, 6) is 1.21. The Morgan fingerprint density at radius 3 is 2.89 bits per heavy atom. The first kappa shape index (κ1) is 12.4. The van der Waals surface area contributed by atoms with Crippen molar-refractivity contribution in [1.82, 2.24) is 9.78 Å². The van der Waals surface area contributed by atoms with Gasteiger partial charge in [0.1, 0.15) is 5.82 Å². The highest BCUT2D eigenvalue weighted by Gasteiger charge is 2.27. The number of anilines is 1. The van der Waals surface area contributed by atoms with E-state index in [1.165, 1.54) is 12.8 Å². The minimum atomic E-state index is -0.119. The summed E-state index contributed by atoms with van der Waals surface area (Å²) in [6, 6.07) is 9.29. The van der Waals surface area contributed by atoms with E-state index in [0.29, 0.717) is 11.5 Å². The van der Waals surface area contributed by atoms with Crippen molar-refractivity contribution in [3.63, 3.8) is 0 Å². The van der Waals surface area contributed by atoms with Crippen molar-refractivity contribution < 1.29 is 4.79 Å². The molecule has 19 heavy (non-hydrogen) atoms. The zero-order valence-corrected chi connectivity index (χ0v) is 12.1. The Morgan fingerprint density at radius 2 is 2.21 bits per heavy atom. The molecule has 0 radical (unpaired) electrons. The number of nitrogens with one attached hydrogen (secondary N) is 1. The lowest BCUT2D eigenvalue weighted by Gasteiger charge is -2.05. The SMILES string of the molecule is Cn1nc(C2CC2)cc1NC(=O)c1cccc(Br)c1. The van der Waals surface area contributed by atoms with Gasteiger partial charge in [-0.15, -0.1) is 0 Å².